The van der Waals surface area contributed by atoms with Gasteiger partial charge in [0.15, 0.2) is 0 Å². The monoisotopic (exact) mass is 420 g/mol. The Kier molecular flexibility index (Phi) is 7.41. The molecule has 0 bridgehead atoms. The highest BCUT2D eigenvalue weighted by Gasteiger charge is 2.19. The molecule has 3 aromatic rings. The first-order valence-electron chi connectivity index (χ1n) is 10.7. The molecule has 0 radical (unpaired) electrons. The molecule has 0 spiro atoms. The molecule has 0 saturated carbocycles. The lowest BCUT2D eigenvalue weighted by molar-refractivity contribution is 0.189. The van der Waals surface area contributed by atoms with Crippen molar-refractivity contribution in [1.82, 2.24) is 10.2 Å². The second-order valence-electron chi connectivity index (χ2n) is 7.94. The summed E-state index contributed by atoms with van der Waals surface area (Å²) in [6.45, 7) is 4.62. The molecule has 0 unspecified atom stereocenters. The number of nitrogens with zero attached hydrogens (tertiary/aromatic N) is 1. The topological polar surface area (TPSA) is 24.5 Å². The number of ether oxygens (including phenoxy) is 1. The molecule has 3 aromatic carbocycles. The molecule has 1 saturated heterocycles. The molecule has 1 aliphatic rings. The SMILES string of the molecule is Clc1ccc(OCc2ccccc2)c(CNC2CCN(Cc3ccccc3)CC2)c1. The molecule has 0 amide bonds. The maximum Gasteiger partial charge on any atom is 0.124 e. The van der Waals surface area contributed by atoms with Crippen LogP contribution in [0, 0.1) is 0 Å². The van der Waals surface area contributed by atoms with Gasteiger partial charge in [0.1, 0.15) is 12.4 Å². The Hall–Kier alpha value is -2.33. The van der Waals surface area contributed by atoms with Gasteiger partial charge in [0.05, 0.1) is 0 Å². The number of hydrogen-bond donors (Lipinski definition) is 1. The minimum atomic E-state index is 0.526. The summed E-state index contributed by atoms with van der Waals surface area (Å²) in [7, 11) is 0. The van der Waals surface area contributed by atoms with Gasteiger partial charge in [0, 0.05) is 29.7 Å². The highest BCUT2D eigenvalue weighted by molar-refractivity contribution is 6.30. The molecule has 1 aliphatic heterocycles. The zero-order chi connectivity index (χ0) is 20.6. The number of nitrogens with one attached hydrogen (secondary N) is 1. The van der Waals surface area contributed by atoms with E-state index in [1.807, 2.05) is 36.4 Å². The maximum absolute atomic E-state index is 6.26. The van der Waals surface area contributed by atoms with Crippen LogP contribution >= 0.6 is 11.6 Å². The molecule has 0 atom stereocenters. The molecule has 3 nitrogen and oxygen atoms in total. The molecule has 1 N–H and O–H groups in total. The number of likely N-dealkylation sites (tertiary alicyclic amines) is 1. The zero-order valence-corrected chi connectivity index (χ0v) is 18.0. The smallest absolute Gasteiger partial charge is 0.124 e. The van der Waals surface area contributed by atoms with E-state index < -0.39 is 0 Å². The van der Waals surface area contributed by atoms with Crippen molar-refractivity contribution in [1.29, 1.82) is 0 Å². The van der Waals surface area contributed by atoms with Gasteiger partial charge in [-0.15, -0.1) is 0 Å². The van der Waals surface area contributed by atoms with Crippen LogP contribution < -0.4 is 10.1 Å². The number of hydrogen-bond acceptors (Lipinski definition) is 3. The molecule has 30 heavy (non-hydrogen) atoms. The van der Waals surface area contributed by atoms with Gasteiger partial charge in [0.2, 0.25) is 0 Å². The van der Waals surface area contributed by atoms with E-state index in [9.17, 15) is 0 Å². The van der Waals surface area contributed by atoms with E-state index >= 15 is 0 Å². The predicted molar refractivity (Wildman–Crippen MR) is 124 cm³/mol. The number of halogens is 1. The number of benzene rings is 3. The Morgan fingerprint density at radius 1 is 0.867 bits per heavy atom. The minimum Gasteiger partial charge on any atom is -0.489 e. The third-order valence-corrected chi connectivity index (χ3v) is 5.91. The molecule has 0 aliphatic carbocycles. The van der Waals surface area contributed by atoms with Crippen LogP contribution in [0.25, 0.3) is 0 Å². The standard InChI is InChI=1S/C26H29ClN2O/c27-24-11-12-26(30-20-22-9-5-2-6-10-22)23(17-24)18-28-25-13-15-29(16-14-25)19-21-7-3-1-4-8-21/h1-12,17,25,28H,13-16,18-20H2. The molecule has 156 valence electrons. The Labute approximate surface area is 184 Å². The lowest BCUT2D eigenvalue weighted by Crippen LogP contribution is -2.41. The van der Waals surface area contributed by atoms with E-state index in [4.69, 9.17) is 16.3 Å². The largest absolute Gasteiger partial charge is 0.489 e. The number of rotatable bonds is 8. The Bertz CT molecular complexity index is 909. The van der Waals surface area contributed by atoms with E-state index in [2.05, 4.69) is 52.7 Å². The quantitative estimate of drug-likeness (QED) is 0.507. The summed E-state index contributed by atoms with van der Waals surface area (Å²) in [5.41, 5.74) is 3.67. The summed E-state index contributed by atoms with van der Waals surface area (Å²) < 4.78 is 6.09. The third-order valence-electron chi connectivity index (χ3n) is 5.68. The van der Waals surface area contributed by atoms with Crippen molar-refractivity contribution in [2.75, 3.05) is 13.1 Å². The van der Waals surface area contributed by atoms with Gasteiger partial charge >= 0.3 is 0 Å². The van der Waals surface area contributed by atoms with Crippen molar-refractivity contribution in [3.8, 4) is 5.75 Å². The average molecular weight is 421 g/mol. The molecular weight excluding hydrogens is 392 g/mol. The van der Waals surface area contributed by atoms with Gasteiger partial charge < -0.3 is 10.1 Å². The van der Waals surface area contributed by atoms with Crippen molar-refractivity contribution in [3.05, 3.63) is 101 Å². The maximum atomic E-state index is 6.26. The minimum absolute atomic E-state index is 0.526. The first kappa shape index (κ1) is 20.9. The van der Waals surface area contributed by atoms with Crippen molar-refractivity contribution >= 4 is 11.6 Å². The Balaban J connectivity index is 1.28. The van der Waals surface area contributed by atoms with Crippen LogP contribution in [0.4, 0.5) is 0 Å². The Morgan fingerprint density at radius 3 is 2.23 bits per heavy atom. The number of piperidine rings is 1. The fourth-order valence-corrected chi connectivity index (χ4v) is 4.15. The van der Waals surface area contributed by atoms with Crippen molar-refractivity contribution in [2.45, 2.75) is 38.6 Å². The molecule has 1 fully saturated rings. The van der Waals surface area contributed by atoms with Gasteiger partial charge in [-0.25, -0.2) is 0 Å². The normalized spacial score (nSPS) is 15.2. The first-order valence-corrected chi connectivity index (χ1v) is 11.1. The summed E-state index contributed by atoms with van der Waals surface area (Å²) in [6, 6.07) is 27.4. The van der Waals surface area contributed by atoms with Gasteiger partial charge in [-0.2, -0.15) is 0 Å². The van der Waals surface area contributed by atoms with Crippen LogP contribution in [0.5, 0.6) is 5.75 Å². The van der Waals surface area contributed by atoms with Crippen LogP contribution in [0.2, 0.25) is 5.02 Å². The second kappa shape index (κ2) is 10.6. The van der Waals surface area contributed by atoms with Gasteiger partial charge in [0.25, 0.3) is 0 Å². The summed E-state index contributed by atoms with van der Waals surface area (Å²) in [5.74, 6) is 0.900. The summed E-state index contributed by atoms with van der Waals surface area (Å²) in [6.07, 6.45) is 2.32. The van der Waals surface area contributed by atoms with Crippen LogP contribution in [-0.4, -0.2) is 24.0 Å². The van der Waals surface area contributed by atoms with E-state index in [1.54, 1.807) is 0 Å². The van der Waals surface area contributed by atoms with Crippen molar-refractivity contribution < 1.29 is 4.74 Å². The fourth-order valence-electron chi connectivity index (χ4n) is 3.95. The van der Waals surface area contributed by atoms with Crippen LogP contribution in [0.1, 0.15) is 29.5 Å². The first-order chi connectivity index (χ1) is 14.8. The van der Waals surface area contributed by atoms with Gasteiger partial charge in [-0.1, -0.05) is 72.3 Å². The van der Waals surface area contributed by atoms with Crippen molar-refractivity contribution in [3.63, 3.8) is 0 Å². The van der Waals surface area contributed by atoms with Gasteiger partial charge in [-0.05, 0) is 55.3 Å². The van der Waals surface area contributed by atoms with E-state index in [0.717, 1.165) is 60.9 Å². The van der Waals surface area contributed by atoms with Crippen LogP contribution in [-0.2, 0) is 19.7 Å². The lowest BCUT2D eigenvalue weighted by Gasteiger charge is -2.32. The highest BCUT2D eigenvalue weighted by Crippen LogP contribution is 2.24. The van der Waals surface area contributed by atoms with E-state index in [0.29, 0.717) is 12.6 Å². The molecule has 4 rings (SSSR count). The average Bonchev–Trinajstić information content (AvgIpc) is 2.79. The molecule has 1 heterocycles. The third kappa shape index (κ3) is 6.09. The van der Waals surface area contributed by atoms with Crippen LogP contribution in [0.15, 0.2) is 78.9 Å². The zero-order valence-electron chi connectivity index (χ0n) is 17.3. The Morgan fingerprint density at radius 2 is 1.53 bits per heavy atom. The highest BCUT2D eigenvalue weighted by atomic mass is 35.5. The predicted octanol–water partition coefficient (Wildman–Crippen LogP) is 5.67. The summed E-state index contributed by atoms with van der Waals surface area (Å²) >= 11 is 6.26. The summed E-state index contributed by atoms with van der Waals surface area (Å²) in [4.78, 5) is 2.54. The summed E-state index contributed by atoms with van der Waals surface area (Å²) in [5, 5.41) is 4.47. The van der Waals surface area contributed by atoms with Crippen LogP contribution in [0.3, 0.4) is 0 Å². The fraction of sp³-hybridized carbons (Fsp3) is 0.308. The lowest BCUT2D eigenvalue weighted by atomic mass is 10.0. The van der Waals surface area contributed by atoms with E-state index in [1.165, 1.54) is 5.56 Å². The molecule has 4 heteroatoms. The van der Waals surface area contributed by atoms with Gasteiger partial charge in [-0.3, -0.25) is 4.90 Å². The van der Waals surface area contributed by atoms with E-state index in [-0.39, 0.29) is 0 Å². The van der Waals surface area contributed by atoms with Crippen molar-refractivity contribution in [2.24, 2.45) is 0 Å². The molecular formula is C26H29ClN2O. The second-order valence-corrected chi connectivity index (χ2v) is 8.38. The molecule has 0 aromatic heterocycles.